The van der Waals surface area contributed by atoms with Gasteiger partial charge in [0.15, 0.2) is 22.9 Å². The zero-order valence-corrected chi connectivity index (χ0v) is 18.2. The average molecular weight is 425 g/mol. The first-order valence-electron chi connectivity index (χ1n) is 10.1. The van der Waals surface area contributed by atoms with E-state index in [1.165, 1.54) is 6.26 Å². The third kappa shape index (κ3) is 5.75. The third-order valence-corrected chi connectivity index (χ3v) is 4.25. The number of benzene rings is 1. The van der Waals surface area contributed by atoms with Crippen molar-refractivity contribution in [1.82, 2.24) is 15.3 Å². The zero-order valence-electron chi connectivity index (χ0n) is 18.2. The average Bonchev–Trinajstić information content (AvgIpc) is 3.25. The number of nitrogens with zero attached hydrogens (tertiary/aromatic N) is 2. The minimum absolute atomic E-state index is 0.192. The lowest BCUT2D eigenvalue weighted by Crippen LogP contribution is -2.24. The Labute approximate surface area is 181 Å². The van der Waals surface area contributed by atoms with Crippen LogP contribution in [-0.2, 0) is 6.54 Å². The predicted octanol–water partition coefficient (Wildman–Crippen LogP) is 4.11. The highest BCUT2D eigenvalue weighted by atomic mass is 16.5. The van der Waals surface area contributed by atoms with E-state index in [0.29, 0.717) is 48.0 Å². The van der Waals surface area contributed by atoms with Crippen molar-refractivity contribution in [3.8, 4) is 28.7 Å². The molecule has 2 heterocycles. The van der Waals surface area contributed by atoms with Crippen molar-refractivity contribution in [2.75, 3.05) is 20.3 Å². The van der Waals surface area contributed by atoms with Gasteiger partial charge < -0.3 is 23.9 Å². The number of aromatic nitrogens is 2. The van der Waals surface area contributed by atoms with Crippen LogP contribution >= 0.6 is 0 Å². The first kappa shape index (κ1) is 22.1. The second-order valence-corrected chi connectivity index (χ2v) is 7.18. The molecule has 0 radical (unpaired) electrons. The van der Waals surface area contributed by atoms with E-state index in [1.807, 2.05) is 25.1 Å². The molecule has 3 rings (SSSR count). The molecule has 2 aromatic heterocycles. The van der Waals surface area contributed by atoms with E-state index in [0.717, 1.165) is 5.56 Å². The number of hydrogen-bond donors (Lipinski definition) is 1. The molecule has 31 heavy (non-hydrogen) atoms. The van der Waals surface area contributed by atoms with E-state index in [2.05, 4.69) is 29.1 Å². The van der Waals surface area contributed by atoms with Gasteiger partial charge in [-0.05, 0) is 43.2 Å². The van der Waals surface area contributed by atoms with Crippen LogP contribution in [0.2, 0.25) is 0 Å². The highest BCUT2D eigenvalue weighted by molar-refractivity contribution is 5.94. The van der Waals surface area contributed by atoms with Gasteiger partial charge >= 0.3 is 0 Å². The number of ether oxygens (including phenoxy) is 3. The van der Waals surface area contributed by atoms with Crippen LogP contribution in [-0.4, -0.2) is 36.2 Å². The van der Waals surface area contributed by atoms with Gasteiger partial charge in [0.25, 0.3) is 5.91 Å². The molecule has 0 fully saturated rings. The summed E-state index contributed by atoms with van der Waals surface area (Å²) < 4.78 is 22.3. The number of methoxy groups -OCH3 is 1. The Balaban J connectivity index is 1.69. The Morgan fingerprint density at radius 2 is 2.00 bits per heavy atom. The van der Waals surface area contributed by atoms with E-state index in [4.69, 9.17) is 18.6 Å². The van der Waals surface area contributed by atoms with Crippen LogP contribution in [0.15, 0.2) is 47.2 Å². The second-order valence-electron chi connectivity index (χ2n) is 7.18. The van der Waals surface area contributed by atoms with E-state index >= 15 is 0 Å². The van der Waals surface area contributed by atoms with Gasteiger partial charge in [0.05, 0.1) is 32.6 Å². The summed E-state index contributed by atoms with van der Waals surface area (Å²) in [6, 6.07) is 8.92. The molecule has 8 heteroatoms. The Morgan fingerprint density at radius 1 is 1.16 bits per heavy atom. The van der Waals surface area contributed by atoms with Gasteiger partial charge in [0.2, 0.25) is 5.89 Å². The van der Waals surface area contributed by atoms with E-state index in [-0.39, 0.29) is 18.1 Å². The van der Waals surface area contributed by atoms with Crippen molar-refractivity contribution in [2.24, 2.45) is 5.92 Å². The third-order valence-electron chi connectivity index (χ3n) is 4.25. The summed E-state index contributed by atoms with van der Waals surface area (Å²) >= 11 is 0. The van der Waals surface area contributed by atoms with Crippen LogP contribution in [0.3, 0.4) is 0 Å². The molecule has 0 saturated heterocycles. The molecule has 0 aliphatic heterocycles. The molecule has 1 amide bonds. The van der Waals surface area contributed by atoms with Crippen molar-refractivity contribution >= 4 is 5.91 Å². The number of carbonyl (C=O) groups is 1. The minimum atomic E-state index is -0.345. The summed E-state index contributed by atoms with van der Waals surface area (Å²) in [6.07, 6.45) is 3.06. The molecule has 0 saturated carbocycles. The second kappa shape index (κ2) is 10.5. The monoisotopic (exact) mass is 425 g/mol. The van der Waals surface area contributed by atoms with Gasteiger partial charge in [-0.1, -0.05) is 13.8 Å². The van der Waals surface area contributed by atoms with E-state index < -0.39 is 0 Å². The molecule has 0 atom stereocenters. The fourth-order valence-electron chi connectivity index (χ4n) is 2.79. The van der Waals surface area contributed by atoms with Gasteiger partial charge in [0.1, 0.15) is 6.26 Å². The number of nitrogens with one attached hydrogen (secondary N) is 1. The Hall–Kier alpha value is -3.55. The van der Waals surface area contributed by atoms with Gasteiger partial charge in [-0.25, -0.2) is 9.97 Å². The van der Waals surface area contributed by atoms with Gasteiger partial charge in [-0.3, -0.25) is 4.79 Å². The summed E-state index contributed by atoms with van der Waals surface area (Å²) in [5.74, 6) is 2.17. The van der Waals surface area contributed by atoms with Crippen LogP contribution in [0.25, 0.3) is 11.5 Å². The van der Waals surface area contributed by atoms with Crippen LogP contribution in [0.4, 0.5) is 0 Å². The quantitative estimate of drug-likeness (QED) is 0.522. The summed E-state index contributed by atoms with van der Waals surface area (Å²) in [4.78, 5) is 21.1. The van der Waals surface area contributed by atoms with Crippen LogP contribution in [0.1, 0.15) is 37.0 Å². The molecule has 8 nitrogen and oxygen atoms in total. The number of hydrogen-bond acceptors (Lipinski definition) is 7. The maximum Gasteiger partial charge on any atom is 0.274 e. The van der Waals surface area contributed by atoms with Crippen molar-refractivity contribution < 1.29 is 23.4 Å². The molecule has 0 bridgehead atoms. The van der Waals surface area contributed by atoms with Crippen LogP contribution in [0.5, 0.6) is 17.2 Å². The molecule has 1 N–H and O–H groups in total. The lowest BCUT2D eigenvalue weighted by Gasteiger charge is -2.13. The number of pyridine rings is 1. The summed E-state index contributed by atoms with van der Waals surface area (Å²) in [5, 5.41) is 2.79. The lowest BCUT2D eigenvalue weighted by molar-refractivity contribution is 0.0941. The standard InChI is InChI=1S/C23H27N3O5/c1-5-29-19-7-6-10-24-21(19)22(27)25-12-17-14-31-23(26-17)16-8-9-18(28-4)20(11-16)30-13-15(2)3/h6-11,14-15H,5,12-13H2,1-4H3,(H,25,27). The molecule has 0 spiro atoms. The number of amides is 1. The van der Waals surface area contributed by atoms with E-state index in [9.17, 15) is 4.79 Å². The Kier molecular flexibility index (Phi) is 7.48. The van der Waals surface area contributed by atoms with Crippen molar-refractivity contribution in [3.05, 3.63) is 54.2 Å². The normalized spacial score (nSPS) is 10.7. The molecular weight excluding hydrogens is 398 g/mol. The van der Waals surface area contributed by atoms with Crippen molar-refractivity contribution in [3.63, 3.8) is 0 Å². The van der Waals surface area contributed by atoms with Gasteiger partial charge in [-0.15, -0.1) is 0 Å². The molecule has 1 aromatic carbocycles. The van der Waals surface area contributed by atoms with Crippen LogP contribution in [0, 0.1) is 5.92 Å². The van der Waals surface area contributed by atoms with Crippen molar-refractivity contribution in [2.45, 2.75) is 27.3 Å². The Bertz CT molecular complexity index is 1020. The summed E-state index contributed by atoms with van der Waals surface area (Å²) in [7, 11) is 1.60. The summed E-state index contributed by atoms with van der Waals surface area (Å²) in [5.41, 5.74) is 1.56. The molecule has 0 aliphatic rings. The lowest BCUT2D eigenvalue weighted by atomic mass is 10.2. The first-order chi connectivity index (χ1) is 15.0. The first-order valence-corrected chi connectivity index (χ1v) is 10.1. The predicted molar refractivity (Wildman–Crippen MR) is 115 cm³/mol. The molecule has 164 valence electrons. The molecule has 0 unspecified atom stereocenters. The SMILES string of the molecule is CCOc1cccnc1C(=O)NCc1coc(-c2ccc(OC)c(OCC(C)C)c2)n1. The Morgan fingerprint density at radius 3 is 2.74 bits per heavy atom. The van der Waals surface area contributed by atoms with Crippen molar-refractivity contribution in [1.29, 1.82) is 0 Å². The van der Waals surface area contributed by atoms with Gasteiger partial charge in [0, 0.05) is 11.8 Å². The number of carbonyl (C=O) groups excluding carboxylic acids is 1. The summed E-state index contributed by atoms with van der Waals surface area (Å²) in [6.45, 7) is 7.21. The highest BCUT2D eigenvalue weighted by Crippen LogP contribution is 2.32. The van der Waals surface area contributed by atoms with Gasteiger partial charge in [-0.2, -0.15) is 0 Å². The number of rotatable bonds is 10. The smallest absolute Gasteiger partial charge is 0.274 e. The topological polar surface area (TPSA) is 95.7 Å². The number of oxazole rings is 1. The molecular formula is C23H27N3O5. The molecule has 3 aromatic rings. The fraction of sp³-hybridized carbons (Fsp3) is 0.348. The van der Waals surface area contributed by atoms with Crippen LogP contribution < -0.4 is 19.5 Å². The molecule has 0 aliphatic carbocycles. The maximum absolute atomic E-state index is 12.5. The zero-order chi connectivity index (χ0) is 22.2. The maximum atomic E-state index is 12.5. The highest BCUT2D eigenvalue weighted by Gasteiger charge is 2.16. The fourth-order valence-corrected chi connectivity index (χ4v) is 2.79. The van der Waals surface area contributed by atoms with E-state index in [1.54, 1.807) is 25.4 Å². The largest absolute Gasteiger partial charge is 0.493 e. The minimum Gasteiger partial charge on any atom is -0.493 e.